The van der Waals surface area contributed by atoms with Gasteiger partial charge in [0.2, 0.25) is 0 Å². The van der Waals surface area contributed by atoms with Crippen molar-refractivity contribution in [1.29, 1.82) is 0 Å². The molecule has 0 bridgehead atoms. The molecular formula is C13H24N4O2. The van der Waals surface area contributed by atoms with Crippen LogP contribution in [0.15, 0.2) is 0 Å². The largest absolute Gasteiger partial charge is 0.391 e. The number of anilines is 2. The van der Waals surface area contributed by atoms with Crippen LogP contribution in [0.4, 0.5) is 11.6 Å². The Morgan fingerprint density at radius 2 is 1.84 bits per heavy atom. The smallest absolute Gasteiger partial charge is 0.134 e. The van der Waals surface area contributed by atoms with E-state index in [-0.39, 0.29) is 0 Å². The number of ether oxygens (including phenoxy) is 1. The topological polar surface area (TPSA) is 79.3 Å². The highest BCUT2D eigenvalue weighted by Gasteiger charge is 2.09. The summed E-state index contributed by atoms with van der Waals surface area (Å²) in [6.45, 7) is 7.70. The van der Waals surface area contributed by atoms with Crippen molar-refractivity contribution < 1.29 is 9.84 Å². The molecule has 0 saturated carbocycles. The van der Waals surface area contributed by atoms with Crippen molar-refractivity contribution in [3.05, 3.63) is 11.4 Å². The Morgan fingerprint density at radius 3 is 2.42 bits per heavy atom. The number of hydrogen-bond acceptors (Lipinski definition) is 6. The zero-order valence-corrected chi connectivity index (χ0v) is 12.2. The third kappa shape index (κ3) is 5.00. The minimum Gasteiger partial charge on any atom is -0.391 e. The van der Waals surface area contributed by atoms with Gasteiger partial charge in [-0.2, -0.15) is 0 Å². The number of rotatable bonds is 8. The van der Waals surface area contributed by atoms with Gasteiger partial charge in [-0.15, -0.1) is 0 Å². The Labute approximate surface area is 114 Å². The second-order valence-corrected chi connectivity index (χ2v) is 4.45. The summed E-state index contributed by atoms with van der Waals surface area (Å²) in [5.74, 6) is 2.39. The maximum Gasteiger partial charge on any atom is 0.134 e. The SMILES string of the molecule is CCNc1nc(C)nc(NCCC(O)COC)c1C. The molecule has 0 aromatic carbocycles. The highest BCUT2D eigenvalue weighted by atomic mass is 16.5. The van der Waals surface area contributed by atoms with Crippen molar-refractivity contribution in [3.8, 4) is 0 Å². The molecule has 1 rings (SSSR count). The number of nitrogens with zero attached hydrogens (tertiary/aromatic N) is 2. The van der Waals surface area contributed by atoms with Gasteiger partial charge in [0.25, 0.3) is 0 Å². The predicted molar refractivity (Wildman–Crippen MR) is 76.7 cm³/mol. The third-order valence-electron chi connectivity index (χ3n) is 2.73. The van der Waals surface area contributed by atoms with Crippen LogP contribution < -0.4 is 10.6 Å². The van der Waals surface area contributed by atoms with Crippen LogP contribution in [0.2, 0.25) is 0 Å². The molecule has 3 N–H and O–H groups in total. The van der Waals surface area contributed by atoms with E-state index < -0.39 is 6.10 Å². The molecule has 1 atom stereocenters. The van der Waals surface area contributed by atoms with Crippen LogP contribution in [0, 0.1) is 13.8 Å². The van der Waals surface area contributed by atoms with E-state index in [4.69, 9.17) is 4.74 Å². The van der Waals surface area contributed by atoms with E-state index in [1.54, 1.807) is 7.11 Å². The van der Waals surface area contributed by atoms with Gasteiger partial charge >= 0.3 is 0 Å². The van der Waals surface area contributed by atoms with Gasteiger partial charge in [0.05, 0.1) is 12.7 Å². The Balaban J connectivity index is 2.62. The third-order valence-corrected chi connectivity index (χ3v) is 2.73. The highest BCUT2D eigenvalue weighted by molar-refractivity contribution is 5.57. The number of aryl methyl sites for hydroxylation is 1. The molecule has 0 aliphatic rings. The van der Waals surface area contributed by atoms with Crippen LogP contribution in [-0.4, -0.2) is 48.0 Å². The monoisotopic (exact) mass is 268 g/mol. The molecule has 0 aliphatic carbocycles. The molecule has 1 aromatic rings. The average molecular weight is 268 g/mol. The van der Waals surface area contributed by atoms with E-state index >= 15 is 0 Å². The van der Waals surface area contributed by atoms with Crippen molar-refractivity contribution in [2.24, 2.45) is 0 Å². The number of aliphatic hydroxyl groups excluding tert-OH is 1. The maximum atomic E-state index is 9.58. The van der Waals surface area contributed by atoms with Gasteiger partial charge in [-0.05, 0) is 27.2 Å². The molecule has 0 amide bonds. The summed E-state index contributed by atoms with van der Waals surface area (Å²) in [6.07, 6.45) is 0.168. The lowest BCUT2D eigenvalue weighted by Crippen LogP contribution is -2.19. The molecule has 1 heterocycles. The van der Waals surface area contributed by atoms with Crippen LogP contribution in [0.1, 0.15) is 24.7 Å². The van der Waals surface area contributed by atoms with Crippen LogP contribution >= 0.6 is 0 Å². The summed E-state index contributed by atoms with van der Waals surface area (Å²) in [7, 11) is 1.58. The molecular weight excluding hydrogens is 244 g/mol. The second kappa shape index (κ2) is 7.91. The number of methoxy groups -OCH3 is 1. The van der Waals surface area contributed by atoms with E-state index in [1.807, 2.05) is 20.8 Å². The van der Waals surface area contributed by atoms with Crippen molar-refractivity contribution in [2.45, 2.75) is 33.3 Å². The van der Waals surface area contributed by atoms with E-state index in [0.29, 0.717) is 19.6 Å². The van der Waals surface area contributed by atoms with E-state index in [1.165, 1.54) is 0 Å². The lowest BCUT2D eigenvalue weighted by Gasteiger charge is -2.14. The van der Waals surface area contributed by atoms with Gasteiger partial charge in [-0.1, -0.05) is 0 Å². The molecule has 6 nitrogen and oxygen atoms in total. The first-order valence-electron chi connectivity index (χ1n) is 6.58. The fraction of sp³-hybridized carbons (Fsp3) is 0.692. The summed E-state index contributed by atoms with van der Waals surface area (Å²) in [5, 5.41) is 16.0. The quantitative estimate of drug-likeness (QED) is 0.660. The average Bonchev–Trinajstić information content (AvgIpc) is 2.35. The summed E-state index contributed by atoms with van der Waals surface area (Å²) >= 11 is 0. The fourth-order valence-electron chi connectivity index (χ4n) is 1.77. The molecule has 0 aliphatic heterocycles. The van der Waals surface area contributed by atoms with Gasteiger partial charge in [-0.25, -0.2) is 9.97 Å². The van der Waals surface area contributed by atoms with Gasteiger partial charge in [-0.3, -0.25) is 0 Å². The predicted octanol–water partition coefficient (Wildman–Crippen LogP) is 1.33. The summed E-state index contributed by atoms with van der Waals surface area (Å²) in [5.41, 5.74) is 0.994. The van der Waals surface area contributed by atoms with Gasteiger partial charge in [0.1, 0.15) is 17.5 Å². The van der Waals surface area contributed by atoms with Gasteiger partial charge in [0, 0.05) is 25.8 Å². The first-order chi connectivity index (χ1) is 9.08. The number of hydrogen-bond donors (Lipinski definition) is 3. The van der Waals surface area contributed by atoms with Crippen LogP contribution in [0.25, 0.3) is 0 Å². The normalized spacial score (nSPS) is 12.3. The molecule has 0 spiro atoms. The molecule has 108 valence electrons. The number of aromatic nitrogens is 2. The lowest BCUT2D eigenvalue weighted by atomic mass is 10.2. The Bertz CT molecular complexity index is 398. The molecule has 1 aromatic heterocycles. The molecule has 0 saturated heterocycles. The Morgan fingerprint density at radius 1 is 1.21 bits per heavy atom. The molecule has 1 unspecified atom stereocenters. The minimum absolute atomic E-state index is 0.353. The minimum atomic E-state index is -0.450. The molecule has 0 fully saturated rings. The number of nitrogens with one attached hydrogen (secondary N) is 2. The van der Waals surface area contributed by atoms with E-state index in [9.17, 15) is 5.11 Å². The fourth-order valence-corrected chi connectivity index (χ4v) is 1.77. The zero-order chi connectivity index (χ0) is 14.3. The first-order valence-corrected chi connectivity index (χ1v) is 6.58. The van der Waals surface area contributed by atoms with Crippen molar-refractivity contribution in [2.75, 3.05) is 37.4 Å². The molecule has 6 heteroatoms. The van der Waals surface area contributed by atoms with E-state index in [0.717, 1.165) is 29.6 Å². The molecule has 19 heavy (non-hydrogen) atoms. The van der Waals surface area contributed by atoms with Gasteiger partial charge in [0.15, 0.2) is 0 Å². The first kappa shape index (κ1) is 15.7. The second-order valence-electron chi connectivity index (χ2n) is 4.45. The Hall–Kier alpha value is -1.40. The number of aliphatic hydroxyl groups is 1. The molecule has 0 radical (unpaired) electrons. The summed E-state index contributed by atoms with van der Waals surface area (Å²) in [4.78, 5) is 8.75. The summed E-state index contributed by atoms with van der Waals surface area (Å²) in [6, 6.07) is 0. The van der Waals surface area contributed by atoms with Crippen LogP contribution in [0.5, 0.6) is 0 Å². The van der Waals surface area contributed by atoms with Crippen molar-refractivity contribution in [1.82, 2.24) is 9.97 Å². The van der Waals surface area contributed by atoms with Crippen LogP contribution in [0.3, 0.4) is 0 Å². The van der Waals surface area contributed by atoms with Crippen LogP contribution in [-0.2, 0) is 4.74 Å². The zero-order valence-electron chi connectivity index (χ0n) is 12.2. The standard InChI is InChI=1S/C13H24N4O2/c1-5-14-12-9(2)13(17-10(3)16-12)15-7-6-11(18)8-19-4/h11,18H,5-8H2,1-4H3,(H2,14,15,16,17). The highest BCUT2D eigenvalue weighted by Crippen LogP contribution is 2.19. The lowest BCUT2D eigenvalue weighted by molar-refractivity contribution is 0.0615. The van der Waals surface area contributed by atoms with E-state index in [2.05, 4.69) is 20.6 Å². The summed E-state index contributed by atoms with van der Waals surface area (Å²) < 4.78 is 4.89. The van der Waals surface area contributed by atoms with Crippen molar-refractivity contribution >= 4 is 11.6 Å². The van der Waals surface area contributed by atoms with Gasteiger partial charge < -0.3 is 20.5 Å². The Kier molecular flexibility index (Phi) is 6.52. The van der Waals surface area contributed by atoms with Crippen molar-refractivity contribution in [3.63, 3.8) is 0 Å². The maximum absolute atomic E-state index is 9.58.